The Labute approximate surface area is 189 Å². The van der Waals surface area contributed by atoms with Gasteiger partial charge in [-0.3, -0.25) is 25.6 Å². The van der Waals surface area contributed by atoms with E-state index in [0.717, 1.165) is 52.0 Å². The normalized spacial score (nSPS) is 15.2. The molecular weight excluding hydrogens is 414 g/mol. The molecule has 2 rings (SSSR count). The van der Waals surface area contributed by atoms with Gasteiger partial charge >= 0.3 is 0 Å². The highest BCUT2D eigenvalue weighted by Gasteiger charge is 2.22. The van der Waals surface area contributed by atoms with Crippen molar-refractivity contribution >= 4 is 30.2 Å². The van der Waals surface area contributed by atoms with Crippen molar-refractivity contribution in [2.24, 2.45) is 5.92 Å². The topological polar surface area (TPSA) is 139 Å². The van der Waals surface area contributed by atoms with Crippen LogP contribution < -0.4 is 21.1 Å². The van der Waals surface area contributed by atoms with Crippen LogP contribution in [-0.4, -0.2) is 88.3 Å². The van der Waals surface area contributed by atoms with Gasteiger partial charge in [-0.15, -0.1) is 0 Å². The zero-order chi connectivity index (χ0) is 23.3. The molecule has 32 heavy (non-hydrogen) atoms. The molecule has 1 aromatic heterocycles. The number of hydrogen-bond acceptors (Lipinski definition) is 10. The lowest BCUT2D eigenvalue weighted by Crippen LogP contribution is -2.47. The minimum Gasteiger partial charge on any atom is -0.354 e. The standard InChI is InChI=1S/C20H37N9O3/c1-4-7-8-9-16(14-29(32)15-30)17(31)25-26-19-22-18(21-5-2)23-20(24-19)28-12-10-27(6-3)11-13-28/h15-16,32H,4-14H2,1-3H3,(H,25,31)(H2,21,22,23,24,26)/t16-/m0/s1. The van der Waals surface area contributed by atoms with Gasteiger partial charge in [-0.25, -0.2) is 5.06 Å². The number of hydrogen-bond donors (Lipinski definition) is 4. The number of amides is 2. The van der Waals surface area contributed by atoms with E-state index in [0.29, 0.717) is 36.3 Å². The van der Waals surface area contributed by atoms with Gasteiger partial charge in [0, 0.05) is 32.7 Å². The first-order chi connectivity index (χ1) is 15.5. The van der Waals surface area contributed by atoms with Crippen molar-refractivity contribution in [3.63, 3.8) is 0 Å². The maximum absolute atomic E-state index is 12.7. The van der Waals surface area contributed by atoms with Gasteiger partial charge in [0.05, 0.1) is 12.5 Å². The number of unbranched alkanes of at least 4 members (excludes halogenated alkanes) is 2. The van der Waals surface area contributed by atoms with Gasteiger partial charge in [-0.1, -0.05) is 33.1 Å². The number of carbonyl (C=O) groups is 2. The minimum absolute atomic E-state index is 0.0759. The Hall–Kier alpha value is -2.73. The van der Waals surface area contributed by atoms with E-state index < -0.39 is 5.92 Å². The molecule has 1 aliphatic rings. The first-order valence-electron chi connectivity index (χ1n) is 11.4. The Morgan fingerprint density at radius 1 is 1.12 bits per heavy atom. The summed E-state index contributed by atoms with van der Waals surface area (Å²) in [6.45, 7) is 11.3. The third-order valence-corrected chi connectivity index (χ3v) is 5.41. The molecule has 1 atom stereocenters. The Morgan fingerprint density at radius 3 is 2.47 bits per heavy atom. The number of nitrogens with zero attached hydrogens (tertiary/aromatic N) is 6. The average Bonchev–Trinajstić information content (AvgIpc) is 2.82. The van der Waals surface area contributed by atoms with E-state index >= 15 is 0 Å². The molecule has 2 heterocycles. The van der Waals surface area contributed by atoms with Gasteiger partial charge in [-0.05, 0) is 19.9 Å². The number of aromatic nitrogens is 3. The molecule has 12 heteroatoms. The fourth-order valence-corrected chi connectivity index (χ4v) is 3.50. The lowest BCUT2D eigenvalue weighted by atomic mass is 10.0. The predicted octanol–water partition coefficient (Wildman–Crippen LogP) is 0.933. The summed E-state index contributed by atoms with van der Waals surface area (Å²) in [5.74, 6) is 0.298. The molecule has 1 fully saturated rings. The maximum Gasteiger partial charge on any atom is 0.248 e. The van der Waals surface area contributed by atoms with Crippen LogP contribution in [0.1, 0.15) is 46.5 Å². The van der Waals surface area contributed by atoms with Crippen LogP contribution in [0.25, 0.3) is 0 Å². The Kier molecular flexibility index (Phi) is 10.9. The molecule has 180 valence electrons. The first kappa shape index (κ1) is 25.5. The van der Waals surface area contributed by atoms with Crippen LogP contribution in [-0.2, 0) is 9.59 Å². The van der Waals surface area contributed by atoms with Crippen molar-refractivity contribution in [2.45, 2.75) is 46.5 Å². The molecule has 0 radical (unpaired) electrons. The summed E-state index contributed by atoms with van der Waals surface area (Å²) in [6.07, 6.45) is 3.66. The summed E-state index contributed by atoms with van der Waals surface area (Å²) in [4.78, 5) is 41.3. The summed E-state index contributed by atoms with van der Waals surface area (Å²) in [5.41, 5.74) is 5.40. The van der Waals surface area contributed by atoms with Crippen molar-refractivity contribution in [3.8, 4) is 0 Å². The summed E-state index contributed by atoms with van der Waals surface area (Å²) >= 11 is 0. The third-order valence-electron chi connectivity index (χ3n) is 5.41. The van der Waals surface area contributed by atoms with Gasteiger partial charge in [0.1, 0.15) is 0 Å². The summed E-state index contributed by atoms with van der Waals surface area (Å²) < 4.78 is 0. The summed E-state index contributed by atoms with van der Waals surface area (Å²) in [5, 5.41) is 13.1. The fourth-order valence-electron chi connectivity index (χ4n) is 3.50. The SMILES string of the molecule is CCCCC[C@@H](CN(O)C=O)C(=O)NNc1nc(NCC)nc(N2CCN(CC)CC2)n1. The molecule has 2 amide bonds. The van der Waals surface area contributed by atoms with Crippen LogP contribution in [0.4, 0.5) is 17.8 Å². The van der Waals surface area contributed by atoms with E-state index in [1.807, 2.05) is 6.92 Å². The molecule has 1 aliphatic heterocycles. The molecule has 0 unspecified atom stereocenters. The predicted molar refractivity (Wildman–Crippen MR) is 122 cm³/mol. The van der Waals surface area contributed by atoms with E-state index in [2.05, 4.69) is 54.8 Å². The number of rotatable bonds is 14. The highest BCUT2D eigenvalue weighted by atomic mass is 16.5. The fraction of sp³-hybridized carbons (Fsp3) is 0.750. The molecule has 1 saturated heterocycles. The smallest absolute Gasteiger partial charge is 0.248 e. The highest BCUT2D eigenvalue weighted by molar-refractivity contribution is 5.80. The number of hydroxylamine groups is 2. The Balaban J connectivity index is 2.06. The van der Waals surface area contributed by atoms with Gasteiger partial charge in [0.15, 0.2) is 0 Å². The quantitative estimate of drug-likeness (QED) is 0.140. The highest BCUT2D eigenvalue weighted by Crippen LogP contribution is 2.16. The van der Waals surface area contributed by atoms with Gasteiger partial charge in [0.25, 0.3) is 0 Å². The number of anilines is 3. The Morgan fingerprint density at radius 2 is 1.84 bits per heavy atom. The second-order valence-electron chi connectivity index (χ2n) is 7.77. The number of likely N-dealkylation sites (N-methyl/N-ethyl adjacent to an activating group) is 1. The maximum atomic E-state index is 12.7. The number of nitrogens with one attached hydrogen (secondary N) is 3. The van der Waals surface area contributed by atoms with E-state index in [9.17, 15) is 14.8 Å². The molecule has 0 bridgehead atoms. The number of hydrazine groups is 1. The molecule has 1 aromatic rings. The lowest BCUT2D eigenvalue weighted by Gasteiger charge is -2.34. The van der Waals surface area contributed by atoms with Crippen molar-refractivity contribution in [1.82, 2.24) is 30.3 Å². The number of piperazine rings is 1. The second kappa shape index (κ2) is 13.6. The van der Waals surface area contributed by atoms with Crippen molar-refractivity contribution in [2.75, 3.05) is 61.5 Å². The average molecular weight is 452 g/mol. The van der Waals surface area contributed by atoms with Crippen molar-refractivity contribution in [1.29, 1.82) is 0 Å². The van der Waals surface area contributed by atoms with Crippen LogP contribution in [0.5, 0.6) is 0 Å². The molecule has 12 nitrogen and oxygen atoms in total. The molecular formula is C20H37N9O3. The summed E-state index contributed by atoms with van der Waals surface area (Å²) in [7, 11) is 0. The van der Waals surface area contributed by atoms with Crippen LogP contribution in [0.3, 0.4) is 0 Å². The molecule has 0 aliphatic carbocycles. The van der Waals surface area contributed by atoms with E-state index in [-0.39, 0.29) is 18.4 Å². The van der Waals surface area contributed by atoms with E-state index in [1.165, 1.54) is 0 Å². The molecule has 4 N–H and O–H groups in total. The molecule has 0 aromatic carbocycles. The van der Waals surface area contributed by atoms with Crippen LogP contribution in [0.2, 0.25) is 0 Å². The largest absolute Gasteiger partial charge is 0.354 e. The van der Waals surface area contributed by atoms with E-state index in [4.69, 9.17) is 0 Å². The zero-order valence-corrected chi connectivity index (χ0v) is 19.4. The first-order valence-corrected chi connectivity index (χ1v) is 11.4. The lowest BCUT2D eigenvalue weighted by molar-refractivity contribution is -0.154. The zero-order valence-electron chi connectivity index (χ0n) is 19.4. The number of carbonyl (C=O) groups excluding carboxylic acids is 2. The van der Waals surface area contributed by atoms with Gasteiger partial charge in [0.2, 0.25) is 30.2 Å². The monoisotopic (exact) mass is 451 g/mol. The van der Waals surface area contributed by atoms with Gasteiger partial charge in [-0.2, -0.15) is 15.0 Å². The second-order valence-corrected chi connectivity index (χ2v) is 7.77. The minimum atomic E-state index is -0.555. The van der Waals surface area contributed by atoms with Crippen molar-refractivity contribution < 1.29 is 14.8 Å². The van der Waals surface area contributed by atoms with E-state index in [1.54, 1.807) is 0 Å². The van der Waals surface area contributed by atoms with Crippen LogP contribution in [0, 0.1) is 5.92 Å². The van der Waals surface area contributed by atoms with Crippen LogP contribution in [0.15, 0.2) is 0 Å². The Bertz CT molecular complexity index is 714. The van der Waals surface area contributed by atoms with Gasteiger partial charge < -0.3 is 15.1 Å². The van der Waals surface area contributed by atoms with Crippen LogP contribution >= 0.6 is 0 Å². The third kappa shape index (κ3) is 8.08. The molecule has 0 saturated carbocycles. The van der Waals surface area contributed by atoms with Crippen molar-refractivity contribution in [3.05, 3.63) is 0 Å². The molecule has 0 spiro atoms. The summed E-state index contributed by atoms with van der Waals surface area (Å²) in [6, 6.07) is 0.